The molecule has 5 nitrogen and oxygen atoms in total. The van der Waals surface area contributed by atoms with Gasteiger partial charge in [-0.25, -0.2) is 4.79 Å². The number of hydrogen-bond donors (Lipinski definition) is 0. The minimum absolute atomic E-state index is 0.144. The van der Waals surface area contributed by atoms with Crippen molar-refractivity contribution in [3.05, 3.63) is 10.5 Å². The molecule has 3 aliphatic rings. The first kappa shape index (κ1) is 16.4. The number of amides is 3. The number of carbonyl (C=O) groups excluding carboxylic acids is 2. The second-order valence-electron chi connectivity index (χ2n) is 6.45. The van der Waals surface area contributed by atoms with Gasteiger partial charge in [0.15, 0.2) is 5.92 Å². The zero-order valence-corrected chi connectivity index (χ0v) is 14.9. The maximum absolute atomic E-state index is 12.8. The van der Waals surface area contributed by atoms with Gasteiger partial charge in [0.25, 0.3) is 5.84 Å². The maximum Gasteiger partial charge on any atom is 0.445 e. The van der Waals surface area contributed by atoms with Crippen molar-refractivity contribution in [2.24, 2.45) is 10.9 Å². The lowest BCUT2D eigenvalue weighted by Crippen LogP contribution is -2.52. The lowest BCUT2D eigenvalue weighted by molar-refractivity contribution is -0.407. The van der Waals surface area contributed by atoms with Crippen molar-refractivity contribution in [3.8, 4) is 0 Å². The van der Waals surface area contributed by atoms with Crippen LogP contribution in [-0.2, 0) is 4.79 Å². The summed E-state index contributed by atoms with van der Waals surface area (Å²) in [4.78, 5) is 31.8. The van der Waals surface area contributed by atoms with Gasteiger partial charge in [-0.2, -0.15) is 9.48 Å². The molecule has 0 bridgehead atoms. The van der Waals surface area contributed by atoms with Gasteiger partial charge in [-0.3, -0.25) is 4.79 Å². The first-order valence-electron chi connectivity index (χ1n) is 8.40. The fraction of sp³-hybridized carbons (Fsp3) is 0.647. The molecule has 23 heavy (non-hydrogen) atoms. The molecule has 1 fully saturated rings. The van der Waals surface area contributed by atoms with Gasteiger partial charge >= 0.3 is 11.9 Å². The zero-order valence-electron chi connectivity index (χ0n) is 14.0. The predicted molar refractivity (Wildman–Crippen MR) is 93.1 cm³/mol. The van der Waals surface area contributed by atoms with E-state index in [1.165, 1.54) is 40.7 Å². The maximum atomic E-state index is 12.8. The van der Waals surface area contributed by atoms with E-state index in [0.29, 0.717) is 11.1 Å². The molecule has 6 heteroatoms. The highest BCUT2D eigenvalue weighted by Crippen LogP contribution is 2.42. The van der Waals surface area contributed by atoms with Crippen molar-refractivity contribution < 1.29 is 14.2 Å². The first-order chi connectivity index (χ1) is 11.0. The Labute approximate surface area is 141 Å². The molecular weight excluding hydrogens is 310 g/mol. The van der Waals surface area contributed by atoms with Crippen LogP contribution in [0.15, 0.2) is 15.5 Å². The second kappa shape index (κ2) is 6.59. The molecule has 0 aromatic heterocycles. The summed E-state index contributed by atoms with van der Waals surface area (Å²) in [6.45, 7) is 2.14. The lowest BCUT2D eigenvalue weighted by atomic mass is 9.96. The van der Waals surface area contributed by atoms with Crippen LogP contribution in [0.1, 0.15) is 45.4 Å². The van der Waals surface area contributed by atoms with Crippen molar-refractivity contribution >= 4 is 35.8 Å². The summed E-state index contributed by atoms with van der Waals surface area (Å²) in [6.07, 6.45) is 8.80. The molecule has 0 aromatic carbocycles. The molecule has 1 unspecified atom stereocenters. The van der Waals surface area contributed by atoms with Gasteiger partial charge in [-0.05, 0) is 24.8 Å². The van der Waals surface area contributed by atoms with Crippen molar-refractivity contribution in [2.75, 3.05) is 14.1 Å². The Morgan fingerprint density at radius 2 is 2.04 bits per heavy atom. The number of urea groups is 1. The standard InChI is InChI=1S/C17H24N3O2S/c1-4-7-11-10-18-15-13(14(11)23-12-8-5-6-9-12)16(21)20(3)17(22)19(15)2/h10,12-13H,4-9H2,1-3H3/q+1. The number of imide groups is 1. The van der Waals surface area contributed by atoms with Crippen LogP contribution in [0.5, 0.6) is 0 Å². The quantitative estimate of drug-likeness (QED) is 0.743. The highest BCUT2D eigenvalue weighted by atomic mass is 32.2. The van der Waals surface area contributed by atoms with Crippen LogP contribution < -0.4 is 0 Å². The molecule has 0 saturated heterocycles. The Morgan fingerprint density at radius 3 is 2.70 bits per heavy atom. The molecule has 1 saturated carbocycles. The fourth-order valence-corrected chi connectivity index (χ4v) is 5.06. The van der Waals surface area contributed by atoms with E-state index in [2.05, 4.69) is 11.9 Å². The Hall–Kier alpha value is -1.43. The summed E-state index contributed by atoms with van der Waals surface area (Å²) in [5, 5.41) is 0.589. The number of rotatable bonds is 4. The van der Waals surface area contributed by atoms with Gasteiger partial charge in [0, 0.05) is 10.2 Å². The number of hydrogen-bond acceptors (Lipinski definition) is 4. The fourth-order valence-electron chi connectivity index (χ4n) is 3.49. The van der Waals surface area contributed by atoms with Crippen molar-refractivity contribution in [2.45, 2.75) is 50.7 Å². The number of fused-ring (bicyclic) bond motifs is 1. The number of nitrogens with zero attached hydrogens (tertiary/aromatic N) is 3. The molecule has 3 rings (SSSR count). The van der Waals surface area contributed by atoms with Crippen LogP contribution in [0.3, 0.4) is 0 Å². The highest BCUT2D eigenvalue weighted by molar-refractivity contribution is 8.03. The molecular formula is C17H24N3O2S+. The van der Waals surface area contributed by atoms with Crippen molar-refractivity contribution in [1.29, 1.82) is 0 Å². The van der Waals surface area contributed by atoms with E-state index in [1.807, 2.05) is 18.0 Å². The monoisotopic (exact) mass is 334 g/mol. The Balaban J connectivity index is 2.03. The largest absolute Gasteiger partial charge is 0.445 e. The van der Waals surface area contributed by atoms with Crippen LogP contribution in [0.2, 0.25) is 0 Å². The SMILES string of the molecule is CCCC1=C(SC2CCCC2)C2C(=O)N(C)C(=O)[N+](C)=C2N=C1. The normalized spacial score (nSPS) is 25.7. The number of dihydropyridines is 1. The van der Waals surface area contributed by atoms with E-state index in [1.54, 1.807) is 14.1 Å². The van der Waals surface area contributed by atoms with Crippen LogP contribution in [0, 0.1) is 5.92 Å². The van der Waals surface area contributed by atoms with E-state index < -0.39 is 5.92 Å². The summed E-state index contributed by atoms with van der Waals surface area (Å²) in [5.41, 5.74) is 1.17. The molecule has 2 aliphatic heterocycles. The van der Waals surface area contributed by atoms with Gasteiger partial charge in [0.05, 0.1) is 14.1 Å². The number of thioether (sulfide) groups is 1. The van der Waals surface area contributed by atoms with Crippen LogP contribution in [0.25, 0.3) is 0 Å². The van der Waals surface area contributed by atoms with E-state index in [9.17, 15) is 9.59 Å². The lowest BCUT2D eigenvalue weighted by Gasteiger charge is -2.29. The first-order valence-corrected chi connectivity index (χ1v) is 9.28. The van der Waals surface area contributed by atoms with E-state index in [0.717, 1.165) is 17.7 Å². The molecule has 0 aromatic rings. The van der Waals surface area contributed by atoms with Gasteiger partial charge < -0.3 is 0 Å². The summed E-state index contributed by atoms with van der Waals surface area (Å²) in [5.74, 6) is 0.0346. The summed E-state index contributed by atoms with van der Waals surface area (Å²) >= 11 is 1.85. The Bertz CT molecular complexity index is 630. The number of amidine groups is 1. The topological polar surface area (TPSA) is 52.8 Å². The molecule has 0 radical (unpaired) electrons. The smallest absolute Gasteiger partial charge is 0.255 e. The van der Waals surface area contributed by atoms with Gasteiger partial charge in [-0.1, -0.05) is 26.2 Å². The number of carbonyl (C=O) groups is 2. The third kappa shape index (κ3) is 2.89. The summed E-state index contributed by atoms with van der Waals surface area (Å²) in [7, 11) is 3.27. The Kier molecular flexibility index (Phi) is 4.71. The zero-order chi connectivity index (χ0) is 16.6. The molecule has 2 heterocycles. The number of aliphatic imine (C=N–C) groups is 1. The molecule has 0 spiro atoms. The van der Waals surface area contributed by atoms with E-state index in [-0.39, 0.29) is 11.9 Å². The van der Waals surface area contributed by atoms with Crippen LogP contribution >= 0.6 is 11.8 Å². The predicted octanol–water partition coefficient (Wildman–Crippen LogP) is 3.05. The summed E-state index contributed by atoms with van der Waals surface area (Å²) < 4.78 is 1.51. The highest BCUT2D eigenvalue weighted by Gasteiger charge is 2.48. The number of allylic oxidation sites excluding steroid dienone is 1. The second-order valence-corrected chi connectivity index (χ2v) is 7.79. The van der Waals surface area contributed by atoms with Crippen LogP contribution in [-0.4, -0.2) is 52.8 Å². The molecule has 124 valence electrons. The minimum atomic E-state index is -0.403. The Morgan fingerprint density at radius 1 is 1.35 bits per heavy atom. The molecule has 3 amide bonds. The van der Waals surface area contributed by atoms with Gasteiger partial charge in [0.1, 0.15) is 6.21 Å². The summed E-state index contributed by atoms with van der Waals surface area (Å²) in [6, 6.07) is -0.303. The van der Waals surface area contributed by atoms with Gasteiger partial charge in [-0.15, -0.1) is 16.8 Å². The van der Waals surface area contributed by atoms with E-state index >= 15 is 0 Å². The van der Waals surface area contributed by atoms with Gasteiger partial charge in [0.2, 0.25) is 0 Å². The minimum Gasteiger partial charge on any atom is -0.255 e. The molecule has 0 N–H and O–H groups in total. The average molecular weight is 334 g/mol. The van der Waals surface area contributed by atoms with Crippen molar-refractivity contribution in [3.63, 3.8) is 0 Å². The molecule has 1 aliphatic carbocycles. The average Bonchev–Trinajstić information content (AvgIpc) is 3.05. The third-order valence-electron chi connectivity index (χ3n) is 4.80. The van der Waals surface area contributed by atoms with E-state index in [4.69, 9.17) is 0 Å². The van der Waals surface area contributed by atoms with Crippen LogP contribution in [0.4, 0.5) is 4.79 Å². The van der Waals surface area contributed by atoms with Crippen molar-refractivity contribution in [1.82, 2.24) is 4.90 Å². The third-order valence-corrected chi connectivity index (χ3v) is 6.36. The molecule has 1 atom stereocenters.